The van der Waals surface area contributed by atoms with E-state index in [1.165, 1.54) is 19.2 Å². The van der Waals surface area contributed by atoms with E-state index >= 15 is 0 Å². The Morgan fingerprint density at radius 2 is 1.70 bits per heavy atom. The molecule has 0 atom stereocenters. The minimum atomic E-state index is -3.84. The number of nitrogens with one attached hydrogen (secondary N) is 2. The molecule has 6 nitrogen and oxygen atoms in total. The second-order valence-corrected chi connectivity index (χ2v) is 8.44. The number of carbonyl (C=O) groups is 1. The number of amides is 1. The average Bonchev–Trinajstić information content (AvgIpc) is 3.11. The number of thiophene rings is 1. The van der Waals surface area contributed by atoms with E-state index in [-0.39, 0.29) is 15.5 Å². The van der Waals surface area contributed by atoms with Crippen LogP contribution < -0.4 is 14.8 Å². The van der Waals surface area contributed by atoms with Crippen molar-refractivity contribution in [3.05, 3.63) is 69.9 Å². The van der Waals surface area contributed by atoms with Crippen LogP contribution in [0.5, 0.6) is 5.75 Å². The van der Waals surface area contributed by atoms with Crippen molar-refractivity contribution in [3.63, 3.8) is 0 Å². The second kappa shape index (κ2) is 7.99. The highest BCUT2D eigenvalue weighted by Crippen LogP contribution is 2.27. The van der Waals surface area contributed by atoms with E-state index < -0.39 is 15.9 Å². The first-order chi connectivity index (χ1) is 12.9. The third-order valence-corrected chi connectivity index (χ3v) is 6.13. The molecule has 1 aromatic heterocycles. The van der Waals surface area contributed by atoms with Crippen molar-refractivity contribution >= 4 is 50.2 Å². The summed E-state index contributed by atoms with van der Waals surface area (Å²) in [5.41, 5.74) is 0.768. The molecular formula is C18H15ClN2O4S2. The van der Waals surface area contributed by atoms with E-state index in [9.17, 15) is 13.2 Å². The Kier molecular flexibility index (Phi) is 5.69. The van der Waals surface area contributed by atoms with Crippen LogP contribution in [-0.2, 0) is 10.0 Å². The van der Waals surface area contributed by atoms with Gasteiger partial charge in [-0.3, -0.25) is 9.52 Å². The first-order valence-electron chi connectivity index (χ1n) is 7.70. The van der Waals surface area contributed by atoms with Crippen LogP contribution in [-0.4, -0.2) is 21.4 Å². The van der Waals surface area contributed by atoms with Crippen molar-refractivity contribution in [1.29, 1.82) is 0 Å². The van der Waals surface area contributed by atoms with Gasteiger partial charge in [-0.05, 0) is 60.0 Å². The van der Waals surface area contributed by atoms with Crippen molar-refractivity contribution in [3.8, 4) is 5.75 Å². The highest BCUT2D eigenvalue weighted by atomic mass is 35.5. The quantitative estimate of drug-likeness (QED) is 0.614. The van der Waals surface area contributed by atoms with Crippen LogP contribution in [0.3, 0.4) is 0 Å². The van der Waals surface area contributed by atoms with E-state index in [4.69, 9.17) is 16.3 Å². The predicted octanol–water partition coefficient (Wildman–Crippen LogP) is 4.46. The van der Waals surface area contributed by atoms with Crippen LogP contribution >= 0.6 is 22.9 Å². The molecule has 0 aliphatic heterocycles. The fourth-order valence-electron chi connectivity index (χ4n) is 2.25. The number of hydrogen-bond donors (Lipinski definition) is 2. The highest BCUT2D eigenvalue weighted by molar-refractivity contribution is 7.92. The average molecular weight is 423 g/mol. The zero-order valence-corrected chi connectivity index (χ0v) is 16.5. The normalized spacial score (nSPS) is 11.0. The number of ether oxygens (including phenoxy) is 1. The molecule has 0 saturated heterocycles. The largest absolute Gasteiger partial charge is 0.497 e. The molecule has 9 heteroatoms. The summed E-state index contributed by atoms with van der Waals surface area (Å²) in [5.74, 6) is 0.132. The van der Waals surface area contributed by atoms with Gasteiger partial charge in [-0.1, -0.05) is 11.6 Å². The van der Waals surface area contributed by atoms with Gasteiger partial charge in [0.05, 0.1) is 17.7 Å². The minimum absolute atomic E-state index is 0.0681. The van der Waals surface area contributed by atoms with E-state index in [0.29, 0.717) is 16.5 Å². The first-order valence-corrected chi connectivity index (χ1v) is 10.4. The molecule has 2 aromatic carbocycles. The highest BCUT2D eigenvalue weighted by Gasteiger charge is 2.20. The minimum Gasteiger partial charge on any atom is -0.497 e. The summed E-state index contributed by atoms with van der Waals surface area (Å²) in [5, 5.41) is 4.91. The van der Waals surface area contributed by atoms with E-state index in [2.05, 4.69) is 10.0 Å². The zero-order valence-electron chi connectivity index (χ0n) is 14.1. The van der Waals surface area contributed by atoms with Crippen LogP contribution in [0.2, 0.25) is 5.02 Å². The van der Waals surface area contributed by atoms with Crippen LogP contribution in [0.1, 0.15) is 9.67 Å². The zero-order chi connectivity index (χ0) is 19.4. The number of sulfonamides is 1. The molecule has 2 N–H and O–H groups in total. The fourth-order valence-corrected chi connectivity index (χ4v) is 4.25. The molecule has 0 aliphatic rings. The fraction of sp³-hybridized carbons (Fsp3) is 0.0556. The number of rotatable bonds is 6. The first kappa shape index (κ1) is 19.2. The Labute approximate surface area is 165 Å². The van der Waals surface area contributed by atoms with Gasteiger partial charge < -0.3 is 10.1 Å². The molecule has 1 amide bonds. The Hall–Kier alpha value is -2.55. The lowest BCUT2D eigenvalue weighted by Gasteiger charge is -2.10. The summed E-state index contributed by atoms with van der Waals surface area (Å²) in [7, 11) is -2.34. The number of benzene rings is 2. The molecule has 1 heterocycles. The molecule has 0 bridgehead atoms. The lowest BCUT2D eigenvalue weighted by Crippen LogP contribution is -2.17. The van der Waals surface area contributed by atoms with E-state index in [0.717, 1.165) is 11.3 Å². The van der Waals surface area contributed by atoms with Gasteiger partial charge in [0.2, 0.25) is 0 Å². The molecule has 0 spiro atoms. The van der Waals surface area contributed by atoms with E-state index in [1.807, 2.05) is 0 Å². The SMILES string of the molecule is COc1ccc(S(=O)(=O)Nc2ccsc2C(=O)Nc2ccc(Cl)cc2)cc1. The summed E-state index contributed by atoms with van der Waals surface area (Å²) < 4.78 is 32.6. The lowest BCUT2D eigenvalue weighted by atomic mass is 10.3. The van der Waals surface area contributed by atoms with Crippen molar-refractivity contribution < 1.29 is 17.9 Å². The third kappa shape index (κ3) is 4.60. The maximum atomic E-state index is 12.6. The molecule has 0 aliphatic carbocycles. The van der Waals surface area contributed by atoms with Gasteiger partial charge in [-0.2, -0.15) is 0 Å². The van der Waals surface area contributed by atoms with Gasteiger partial charge in [0.15, 0.2) is 0 Å². The Morgan fingerprint density at radius 3 is 2.33 bits per heavy atom. The molecular weight excluding hydrogens is 408 g/mol. The number of hydrogen-bond acceptors (Lipinski definition) is 5. The summed E-state index contributed by atoms with van der Waals surface area (Å²) in [6.45, 7) is 0. The van der Waals surface area contributed by atoms with Gasteiger partial charge in [-0.15, -0.1) is 11.3 Å². The molecule has 3 aromatic rings. The van der Waals surface area contributed by atoms with Crippen LogP contribution in [0, 0.1) is 0 Å². The summed E-state index contributed by atoms with van der Waals surface area (Å²) in [6.07, 6.45) is 0. The maximum Gasteiger partial charge on any atom is 0.267 e. The molecule has 0 saturated carbocycles. The maximum absolute atomic E-state index is 12.6. The Bertz CT molecular complexity index is 1050. The van der Waals surface area contributed by atoms with Crippen molar-refractivity contribution in [2.24, 2.45) is 0 Å². The molecule has 3 rings (SSSR count). The van der Waals surface area contributed by atoms with E-state index in [1.54, 1.807) is 47.8 Å². The second-order valence-electron chi connectivity index (χ2n) is 5.41. The van der Waals surface area contributed by atoms with Gasteiger partial charge >= 0.3 is 0 Å². The summed E-state index contributed by atoms with van der Waals surface area (Å²) in [6, 6.07) is 14.1. The van der Waals surface area contributed by atoms with Crippen LogP contribution in [0.4, 0.5) is 11.4 Å². The monoisotopic (exact) mass is 422 g/mol. The number of anilines is 2. The Morgan fingerprint density at radius 1 is 1.04 bits per heavy atom. The molecule has 0 radical (unpaired) electrons. The number of carbonyl (C=O) groups excluding carboxylic acids is 1. The van der Waals surface area contributed by atoms with Crippen LogP contribution in [0.25, 0.3) is 0 Å². The predicted molar refractivity (Wildman–Crippen MR) is 108 cm³/mol. The smallest absolute Gasteiger partial charge is 0.267 e. The van der Waals surface area contributed by atoms with Gasteiger partial charge in [0.25, 0.3) is 15.9 Å². The number of methoxy groups -OCH3 is 1. The van der Waals surface area contributed by atoms with Gasteiger partial charge in [0, 0.05) is 10.7 Å². The van der Waals surface area contributed by atoms with Gasteiger partial charge in [0.1, 0.15) is 10.6 Å². The number of halogens is 1. The molecule has 140 valence electrons. The lowest BCUT2D eigenvalue weighted by molar-refractivity contribution is 0.103. The standard InChI is InChI=1S/C18H15ClN2O4S2/c1-25-14-6-8-15(9-7-14)27(23,24)21-16-10-11-26-17(16)18(22)20-13-4-2-12(19)3-5-13/h2-11,21H,1H3,(H,20,22). The topological polar surface area (TPSA) is 84.5 Å². The van der Waals surface area contributed by atoms with Crippen LogP contribution in [0.15, 0.2) is 64.9 Å². The van der Waals surface area contributed by atoms with Crippen molar-refractivity contribution in [2.75, 3.05) is 17.1 Å². The van der Waals surface area contributed by atoms with Crippen molar-refractivity contribution in [1.82, 2.24) is 0 Å². The molecule has 0 fully saturated rings. The molecule has 0 unspecified atom stereocenters. The summed E-state index contributed by atoms with van der Waals surface area (Å²) in [4.78, 5) is 12.8. The third-order valence-electron chi connectivity index (χ3n) is 3.59. The van der Waals surface area contributed by atoms with Gasteiger partial charge in [-0.25, -0.2) is 8.42 Å². The Balaban J connectivity index is 1.79. The van der Waals surface area contributed by atoms with Crippen molar-refractivity contribution in [2.45, 2.75) is 4.90 Å². The summed E-state index contributed by atoms with van der Waals surface area (Å²) >= 11 is 6.96. The molecule has 27 heavy (non-hydrogen) atoms.